The van der Waals surface area contributed by atoms with Crippen LogP contribution in [0.3, 0.4) is 0 Å². The lowest BCUT2D eigenvalue weighted by molar-refractivity contribution is -0.385. The van der Waals surface area contributed by atoms with E-state index in [0.717, 1.165) is 30.4 Å². The minimum atomic E-state index is -1.54. The summed E-state index contributed by atoms with van der Waals surface area (Å²) in [5.41, 5.74) is 1.96. The van der Waals surface area contributed by atoms with E-state index in [1.807, 2.05) is 13.0 Å². The molecule has 0 bridgehead atoms. The lowest BCUT2D eigenvalue weighted by atomic mass is 9.55. The van der Waals surface area contributed by atoms with Crippen LogP contribution < -0.4 is 14.2 Å². The van der Waals surface area contributed by atoms with Crippen molar-refractivity contribution in [2.45, 2.75) is 69.6 Å². The number of benzene rings is 3. The van der Waals surface area contributed by atoms with E-state index in [9.17, 15) is 35.2 Å². The molecule has 314 valence electrons. The Kier molecular flexibility index (Phi) is 14.0. The lowest BCUT2D eigenvalue weighted by Crippen LogP contribution is -2.69. The maximum atomic E-state index is 14.1. The first-order chi connectivity index (χ1) is 28.5. The number of carbonyl (C=O) groups excluding carboxylic acids is 1. The standard InChI is InChI=1S/C43H50N4O12/c1-4-23-55-43-39(45(3)42(50)58-31-17-15-29(16-18-31)46(51)52)27-37(44-56-5-2)35-24-28(11-6-8-21-48)34(14-7-9-22-49)40(41(35)43)36-26-33(19-20-38(36)59-43)57-32-13-10-12-30(25-32)47(53)54/h4,10,12-13,15-20,24-26,28,34,39-41,48-49H,1,5-9,11,14,21-23,27H2,2-3H3/t28-,34+,39-,40+,41+,43+/m0/s1. The summed E-state index contributed by atoms with van der Waals surface area (Å²) in [5, 5.41) is 47.1. The quantitative estimate of drug-likeness (QED) is 0.0510. The molecular weight excluding hydrogens is 764 g/mol. The molecule has 16 heteroatoms. The topological polar surface area (TPSA) is 206 Å². The van der Waals surface area contributed by atoms with E-state index in [1.165, 1.54) is 41.3 Å². The summed E-state index contributed by atoms with van der Waals surface area (Å²) in [4.78, 5) is 43.0. The lowest BCUT2D eigenvalue weighted by Gasteiger charge is -2.59. The van der Waals surface area contributed by atoms with Gasteiger partial charge in [-0.05, 0) is 86.4 Å². The maximum absolute atomic E-state index is 14.1. The highest BCUT2D eigenvalue weighted by Gasteiger charge is 2.65. The molecule has 3 aromatic rings. The van der Waals surface area contributed by atoms with Gasteiger partial charge in [0.25, 0.3) is 11.4 Å². The van der Waals surface area contributed by atoms with Crippen molar-refractivity contribution in [1.82, 2.24) is 4.90 Å². The zero-order chi connectivity index (χ0) is 42.1. The van der Waals surface area contributed by atoms with Crippen molar-refractivity contribution in [2.24, 2.45) is 22.9 Å². The smallest absolute Gasteiger partial charge is 0.415 e. The fourth-order valence-electron chi connectivity index (χ4n) is 8.67. The van der Waals surface area contributed by atoms with Crippen molar-refractivity contribution < 1.29 is 48.6 Å². The van der Waals surface area contributed by atoms with Crippen LogP contribution in [0.1, 0.15) is 63.4 Å². The van der Waals surface area contributed by atoms with E-state index < -0.39 is 33.7 Å². The molecule has 1 saturated carbocycles. The van der Waals surface area contributed by atoms with E-state index in [-0.39, 0.29) is 73.5 Å². The third kappa shape index (κ3) is 9.24. The molecule has 1 fully saturated rings. The predicted octanol–water partition coefficient (Wildman–Crippen LogP) is 8.08. The van der Waals surface area contributed by atoms with Gasteiger partial charge in [-0.15, -0.1) is 6.58 Å². The number of ether oxygens (including phenoxy) is 4. The predicted molar refractivity (Wildman–Crippen MR) is 217 cm³/mol. The minimum Gasteiger partial charge on any atom is -0.459 e. The number of unbranched alkanes of at least 4 members (excludes halogenated alkanes) is 2. The number of hydrogen-bond donors (Lipinski definition) is 2. The Balaban J connectivity index is 1.52. The third-order valence-corrected chi connectivity index (χ3v) is 11.2. The third-order valence-electron chi connectivity index (χ3n) is 11.2. The number of oxime groups is 1. The van der Waals surface area contributed by atoms with Crippen molar-refractivity contribution in [2.75, 3.05) is 33.5 Å². The SMILES string of the molecule is C=CCO[C@@]12Oc3ccc(Oc4cccc([N+](=O)[O-])c4)cc3[C@H]3[C@H](CCCCO)[C@@H](CCCCO)C=C(C(=NOCC)C[C@@H]1N(C)C(=O)Oc1ccc([N+](=O)[O-])cc1)[C@H]32. The number of carbonyl (C=O) groups is 1. The fraction of sp³-hybridized carbons (Fsp3) is 0.442. The van der Waals surface area contributed by atoms with Crippen LogP contribution in [0.4, 0.5) is 16.2 Å². The zero-order valence-corrected chi connectivity index (χ0v) is 33.1. The van der Waals surface area contributed by atoms with Gasteiger partial charge in [-0.2, -0.15) is 0 Å². The van der Waals surface area contributed by atoms with Crippen LogP contribution in [0.25, 0.3) is 0 Å². The maximum Gasteiger partial charge on any atom is 0.415 e. The number of rotatable bonds is 19. The first-order valence-corrected chi connectivity index (χ1v) is 19.9. The van der Waals surface area contributed by atoms with E-state index in [4.69, 9.17) is 23.8 Å². The van der Waals surface area contributed by atoms with Gasteiger partial charge in [-0.1, -0.05) is 36.2 Å². The normalized spacial score (nSPS) is 23.5. The summed E-state index contributed by atoms with van der Waals surface area (Å²) in [6.45, 7) is 6.17. The second-order valence-corrected chi connectivity index (χ2v) is 14.8. The number of nitrogens with zero attached hydrogens (tertiary/aromatic N) is 4. The molecule has 1 amide bonds. The van der Waals surface area contributed by atoms with E-state index in [0.29, 0.717) is 36.5 Å². The Hall–Kier alpha value is -5.84. The molecule has 16 nitrogen and oxygen atoms in total. The average Bonchev–Trinajstić information content (AvgIpc) is 3.23. The number of amides is 1. The van der Waals surface area contributed by atoms with Gasteiger partial charge in [0.05, 0.1) is 34.1 Å². The average molecular weight is 815 g/mol. The number of allylic oxidation sites excluding steroid dienone is 1. The van der Waals surface area contributed by atoms with Crippen molar-refractivity contribution >= 4 is 23.2 Å². The molecule has 1 heterocycles. The molecule has 6 atom stereocenters. The van der Waals surface area contributed by atoms with E-state index >= 15 is 0 Å². The van der Waals surface area contributed by atoms with E-state index in [2.05, 4.69) is 17.8 Å². The minimum absolute atomic E-state index is 0.00546. The van der Waals surface area contributed by atoms with Gasteiger partial charge in [0.1, 0.15) is 35.6 Å². The summed E-state index contributed by atoms with van der Waals surface area (Å²) in [7, 11) is 1.58. The number of fused-ring (bicyclic) bond motifs is 2. The monoisotopic (exact) mass is 814 g/mol. The molecular formula is C43H50N4O12. The highest BCUT2D eigenvalue weighted by atomic mass is 16.7. The van der Waals surface area contributed by atoms with Crippen LogP contribution in [-0.4, -0.2) is 82.1 Å². The number of hydrogen-bond acceptors (Lipinski definition) is 13. The van der Waals surface area contributed by atoms with Gasteiger partial charge in [0, 0.05) is 56.4 Å². The van der Waals surface area contributed by atoms with Gasteiger partial charge < -0.3 is 38.9 Å². The first kappa shape index (κ1) is 42.8. The van der Waals surface area contributed by atoms with Crippen LogP contribution in [0, 0.1) is 38.0 Å². The highest BCUT2D eigenvalue weighted by molar-refractivity contribution is 6.03. The number of aliphatic hydroxyl groups excluding tert-OH is 2. The number of non-ortho nitro benzene ring substituents is 2. The second-order valence-electron chi connectivity index (χ2n) is 14.8. The summed E-state index contributed by atoms with van der Waals surface area (Å²) >= 11 is 0. The van der Waals surface area contributed by atoms with Crippen LogP contribution >= 0.6 is 0 Å². The fourth-order valence-corrected chi connectivity index (χ4v) is 8.67. The van der Waals surface area contributed by atoms with Crippen molar-refractivity contribution in [3.63, 3.8) is 0 Å². The Morgan fingerprint density at radius 2 is 1.66 bits per heavy atom. The largest absolute Gasteiger partial charge is 0.459 e. The molecule has 6 rings (SSSR count). The van der Waals surface area contributed by atoms with Crippen LogP contribution in [0.15, 0.2) is 96.2 Å². The van der Waals surface area contributed by atoms with Crippen LogP contribution in [-0.2, 0) is 9.57 Å². The number of nitro groups is 2. The molecule has 0 saturated heterocycles. The number of likely N-dealkylation sites (N-methyl/N-ethyl adjacent to an activating group) is 1. The number of nitro benzene ring substituents is 2. The van der Waals surface area contributed by atoms with Crippen LogP contribution in [0.2, 0.25) is 0 Å². The first-order valence-electron chi connectivity index (χ1n) is 19.9. The molecule has 0 aromatic heterocycles. The van der Waals surface area contributed by atoms with Gasteiger partial charge >= 0.3 is 6.09 Å². The molecule has 1 aliphatic heterocycles. The molecule has 0 radical (unpaired) electrons. The Bertz CT molecular complexity index is 2060. The molecule has 3 aliphatic rings. The van der Waals surface area contributed by atoms with Crippen molar-refractivity contribution in [3.8, 4) is 23.0 Å². The molecule has 2 N–H and O–H groups in total. The van der Waals surface area contributed by atoms with Crippen LogP contribution in [0.5, 0.6) is 23.0 Å². The van der Waals surface area contributed by atoms with Gasteiger partial charge in [0.15, 0.2) is 0 Å². The van der Waals surface area contributed by atoms with E-state index in [1.54, 1.807) is 37.4 Å². The summed E-state index contributed by atoms with van der Waals surface area (Å²) in [6.07, 6.45) is 7.34. The summed E-state index contributed by atoms with van der Waals surface area (Å²) < 4.78 is 26.0. The van der Waals surface area contributed by atoms with Crippen molar-refractivity contribution in [1.29, 1.82) is 0 Å². The second kappa shape index (κ2) is 19.3. The van der Waals surface area contributed by atoms with Crippen molar-refractivity contribution in [3.05, 3.63) is 117 Å². The molecule has 2 aliphatic carbocycles. The Morgan fingerprint density at radius 3 is 2.34 bits per heavy atom. The highest BCUT2D eigenvalue weighted by Crippen LogP contribution is 2.62. The molecule has 3 aromatic carbocycles. The van der Waals surface area contributed by atoms with Gasteiger partial charge in [-0.25, -0.2) is 4.79 Å². The zero-order valence-electron chi connectivity index (χ0n) is 33.1. The summed E-state index contributed by atoms with van der Waals surface area (Å²) in [5.74, 6) is -1.25. The summed E-state index contributed by atoms with van der Waals surface area (Å²) in [6, 6.07) is 15.6. The molecule has 59 heavy (non-hydrogen) atoms. The number of aliphatic hydroxyl groups is 2. The Morgan fingerprint density at radius 1 is 0.966 bits per heavy atom. The van der Waals surface area contributed by atoms with Gasteiger partial charge in [-0.3, -0.25) is 20.2 Å². The Labute approximate surface area is 342 Å². The van der Waals surface area contributed by atoms with Gasteiger partial charge in [0.2, 0.25) is 5.79 Å². The molecule has 0 unspecified atom stereocenters. The molecule has 0 spiro atoms.